The predicted octanol–water partition coefficient (Wildman–Crippen LogP) is 2.86. The van der Waals surface area contributed by atoms with Crippen molar-refractivity contribution in [1.82, 2.24) is 15.1 Å². The van der Waals surface area contributed by atoms with E-state index in [0.29, 0.717) is 12.1 Å². The number of benzene rings is 1. The Hall–Kier alpha value is -1.41. The van der Waals surface area contributed by atoms with Gasteiger partial charge in [0.15, 0.2) is 5.11 Å². The molecule has 1 aromatic carbocycles. The molecule has 7 heteroatoms. The average molecular weight is 446 g/mol. The van der Waals surface area contributed by atoms with E-state index in [0.717, 1.165) is 35.8 Å². The number of thiocarbonyl (C=S) groups is 1. The highest BCUT2D eigenvalue weighted by molar-refractivity contribution is 7.80. The van der Waals surface area contributed by atoms with Gasteiger partial charge in [0.05, 0.1) is 6.61 Å². The number of ether oxygens (including phenoxy) is 1. The highest BCUT2D eigenvalue weighted by Crippen LogP contribution is 2.37. The lowest BCUT2D eigenvalue weighted by molar-refractivity contribution is -0.0158. The highest BCUT2D eigenvalue weighted by atomic mass is 32.1. The van der Waals surface area contributed by atoms with E-state index in [1.807, 2.05) is 7.11 Å². The van der Waals surface area contributed by atoms with Gasteiger partial charge in [-0.2, -0.15) is 0 Å². The van der Waals surface area contributed by atoms with Crippen LogP contribution in [-0.2, 0) is 4.74 Å². The van der Waals surface area contributed by atoms with E-state index < -0.39 is 0 Å². The van der Waals surface area contributed by atoms with E-state index in [1.54, 1.807) is 0 Å². The number of rotatable bonds is 8. The van der Waals surface area contributed by atoms with Crippen LogP contribution >= 0.6 is 12.2 Å². The fraction of sp³-hybridized carbons (Fsp3) is 0.708. The number of anilines is 2. The molecule has 5 rings (SSSR count). The fourth-order valence-corrected chi connectivity index (χ4v) is 5.92. The maximum Gasteiger partial charge on any atom is 0.170 e. The minimum Gasteiger partial charge on any atom is -0.383 e. The summed E-state index contributed by atoms with van der Waals surface area (Å²) >= 11 is 5.56. The molecule has 1 unspecified atom stereocenters. The molecule has 172 valence electrons. The van der Waals surface area contributed by atoms with Gasteiger partial charge in [-0.15, -0.1) is 0 Å². The molecule has 4 fully saturated rings. The zero-order chi connectivity index (χ0) is 21.8. The van der Waals surface area contributed by atoms with Crippen molar-refractivity contribution in [3.8, 4) is 0 Å². The molecule has 4 heterocycles. The van der Waals surface area contributed by atoms with E-state index in [1.165, 1.54) is 57.5 Å². The van der Waals surface area contributed by atoms with Crippen LogP contribution < -0.4 is 15.5 Å². The monoisotopic (exact) mass is 445 g/mol. The quantitative estimate of drug-likeness (QED) is 0.597. The number of nitrogens with one attached hydrogen (secondary N) is 2. The minimum atomic E-state index is 0.596. The van der Waals surface area contributed by atoms with Gasteiger partial charge in [-0.25, -0.2) is 0 Å². The Kier molecular flexibility index (Phi) is 7.69. The van der Waals surface area contributed by atoms with Gasteiger partial charge in [-0.3, -0.25) is 9.80 Å². The van der Waals surface area contributed by atoms with Crippen LogP contribution in [0.25, 0.3) is 0 Å². The van der Waals surface area contributed by atoms with Gasteiger partial charge >= 0.3 is 0 Å². The molecule has 0 amide bonds. The fourth-order valence-electron chi connectivity index (χ4n) is 5.72. The van der Waals surface area contributed by atoms with Crippen LogP contribution in [0.1, 0.15) is 25.7 Å². The number of methoxy groups -OCH3 is 1. The molecular formula is C24H39N5OS. The number of likely N-dealkylation sites (tertiary alicyclic amines) is 1. The van der Waals surface area contributed by atoms with Crippen molar-refractivity contribution in [2.75, 3.05) is 70.8 Å². The second kappa shape index (κ2) is 10.5. The molecule has 0 saturated carbocycles. The Morgan fingerprint density at radius 2 is 1.97 bits per heavy atom. The van der Waals surface area contributed by atoms with Crippen molar-refractivity contribution in [2.24, 2.45) is 11.8 Å². The van der Waals surface area contributed by atoms with Crippen LogP contribution in [-0.4, -0.2) is 87.5 Å². The van der Waals surface area contributed by atoms with E-state index in [9.17, 15) is 0 Å². The molecule has 1 aromatic rings. The summed E-state index contributed by atoms with van der Waals surface area (Å²) in [5, 5.41) is 7.53. The molecule has 4 aliphatic rings. The molecule has 4 aliphatic heterocycles. The summed E-state index contributed by atoms with van der Waals surface area (Å²) in [5.74, 6) is 1.66. The Balaban J connectivity index is 1.23. The van der Waals surface area contributed by atoms with Crippen molar-refractivity contribution in [2.45, 2.75) is 37.8 Å². The molecule has 2 N–H and O–H groups in total. The summed E-state index contributed by atoms with van der Waals surface area (Å²) < 4.78 is 5.46. The lowest BCUT2D eigenvalue weighted by atomic mass is 9.75. The number of piperidine rings is 3. The van der Waals surface area contributed by atoms with Gasteiger partial charge in [0, 0.05) is 64.3 Å². The molecule has 0 aliphatic carbocycles. The lowest BCUT2D eigenvalue weighted by Gasteiger charge is -2.51. The molecule has 0 radical (unpaired) electrons. The minimum absolute atomic E-state index is 0.596. The first kappa shape index (κ1) is 22.8. The summed E-state index contributed by atoms with van der Waals surface area (Å²) in [6, 6.07) is 9.60. The Bertz CT molecular complexity index is 727. The predicted molar refractivity (Wildman–Crippen MR) is 133 cm³/mol. The van der Waals surface area contributed by atoms with Gasteiger partial charge in [0.25, 0.3) is 0 Å². The normalized spacial score (nSPS) is 30.4. The Morgan fingerprint density at radius 3 is 2.65 bits per heavy atom. The third-order valence-electron chi connectivity index (χ3n) is 7.48. The molecule has 0 spiro atoms. The van der Waals surface area contributed by atoms with Crippen LogP contribution in [0.3, 0.4) is 0 Å². The molecule has 0 aromatic heterocycles. The van der Waals surface area contributed by atoms with Gasteiger partial charge in [-0.1, -0.05) is 0 Å². The van der Waals surface area contributed by atoms with E-state index in [2.05, 4.69) is 63.7 Å². The molecule has 2 bridgehead atoms. The lowest BCUT2D eigenvalue weighted by Crippen LogP contribution is -2.59. The van der Waals surface area contributed by atoms with Crippen LogP contribution in [0.5, 0.6) is 0 Å². The summed E-state index contributed by atoms with van der Waals surface area (Å²) in [4.78, 5) is 7.50. The average Bonchev–Trinajstić information content (AvgIpc) is 3.20. The zero-order valence-corrected chi connectivity index (χ0v) is 20.2. The number of nitrogens with zero attached hydrogens (tertiary/aromatic N) is 3. The van der Waals surface area contributed by atoms with Gasteiger partial charge < -0.3 is 20.3 Å². The summed E-state index contributed by atoms with van der Waals surface area (Å²) in [7, 11) is 5.94. The van der Waals surface area contributed by atoms with Crippen molar-refractivity contribution in [1.29, 1.82) is 0 Å². The van der Waals surface area contributed by atoms with E-state index >= 15 is 0 Å². The summed E-state index contributed by atoms with van der Waals surface area (Å²) in [5.41, 5.74) is 2.22. The van der Waals surface area contributed by atoms with Crippen molar-refractivity contribution in [3.05, 3.63) is 24.3 Å². The number of hydrogen-bond acceptors (Lipinski definition) is 5. The van der Waals surface area contributed by atoms with Crippen molar-refractivity contribution < 1.29 is 4.74 Å². The topological polar surface area (TPSA) is 43.0 Å². The summed E-state index contributed by atoms with van der Waals surface area (Å²) in [6.45, 7) is 6.79. The maximum absolute atomic E-state index is 5.56. The first-order valence-corrected chi connectivity index (χ1v) is 12.2. The number of hydrogen-bond donors (Lipinski definition) is 2. The smallest absolute Gasteiger partial charge is 0.170 e. The Morgan fingerprint density at radius 1 is 1.16 bits per heavy atom. The maximum atomic E-state index is 5.56. The largest absolute Gasteiger partial charge is 0.383 e. The van der Waals surface area contributed by atoms with E-state index in [-0.39, 0.29) is 0 Å². The van der Waals surface area contributed by atoms with Gasteiger partial charge in [0.2, 0.25) is 0 Å². The highest BCUT2D eigenvalue weighted by Gasteiger charge is 2.41. The molecule has 4 saturated heterocycles. The first-order valence-electron chi connectivity index (χ1n) is 11.8. The molecule has 5 atom stereocenters. The van der Waals surface area contributed by atoms with Gasteiger partial charge in [-0.05, 0) is 87.1 Å². The number of fused-ring (bicyclic) bond motifs is 3. The third-order valence-corrected chi connectivity index (χ3v) is 7.73. The van der Waals surface area contributed by atoms with Crippen molar-refractivity contribution >= 4 is 28.7 Å². The molecular weight excluding hydrogens is 406 g/mol. The van der Waals surface area contributed by atoms with Crippen LogP contribution in [0, 0.1) is 11.8 Å². The first-order chi connectivity index (χ1) is 15.0. The SMILES string of the molecule is COC[C@H]1CCCN1C[C@H]1CN2CC[C@H]1C[C@@H]2CNC(=S)Nc1ccc(N(C)C)cc1. The van der Waals surface area contributed by atoms with E-state index in [4.69, 9.17) is 17.0 Å². The molecule has 31 heavy (non-hydrogen) atoms. The third kappa shape index (κ3) is 5.69. The van der Waals surface area contributed by atoms with Crippen LogP contribution in [0.4, 0.5) is 11.4 Å². The van der Waals surface area contributed by atoms with Crippen LogP contribution in [0.15, 0.2) is 24.3 Å². The van der Waals surface area contributed by atoms with Crippen molar-refractivity contribution in [3.63, 3.8) is 0 Å². The zero-order valence-electron chi connectivity index (χ0n) is 19.3. The standard InChI is InChI=1S/C24H39N5OS/c1-27(2)21-8-6-20(7-9-21)26-24(31)25-14-23-13-18-10-12-29(23)16-19(18)15-28-11-4-5-22(28)17-30-3/h6-9,18-19,22-23H,4-5,10-17H2,1-3H3,(H2,25,26,31)/t18-,19-,22+,23+/m0/s1. The van der Waals surface area contributed by atoms with Crippen LogP contribution in [0.2, 0.25) is 0 Å². The molecule has 6 nitrogen and oxygen atoms in total. The Labute approximate surface area is 193 Å². The second-order valence-electron chi connectivity index (χ2n) is 9.72. The second-order valence-corrected chi connectivity index (χ2v) is 10.1. The van der Waals surface area contributed by atoms with Gasteiger partial charge in [0.1, 0.15) is 0 Å². The summed E-state index contributed by atoms with van der Waals surface area (Å²) in [6.07, 6.45) is 5.26.